The standard InChI is InChI=1S/C18H29N3O.C2H2O4/c1-19-11-13-21(14-12-19)17-7-9-20(10-8-17)15-16-5-3-4-6-18(16)22-2;3-1(4)2(5)6/h3-6,17H,7-15H2,1-2H3;(H,3,4)(H,5,6). The smallest absolute Gasteiger partial charge is 0.414 e. The van der Waals surface area contributed by atoms with E-state index in [-0.39, 0.29) is 0 Å². The average molecular weight is 393 g/mol. The fraction of sp³-hybridized carbons (Fsp3) is 0.600. The third-order valence-electron chi connectivity index (χ3n) is 5.38. The van der Waals surface area contributed by atoms with Crippen molar-refractivity contribution in [3.05, 3.63) is 29.8 Å². The molecule has 2 aliphatic rings. The van der Waals surface area contributed by atoms with Gasteiger partial charge in [-0.05, 0) is 39.0 Å². The van der Waals surface area contributed by atoms with Crippen LogP contribution in [-0.2, 0) is 16.1 Å². The van der Waals surface area contributed by atoms with Gasteiger partial charge in [-0.15, -0.1) is 0 Å². The minimum Gasteiger partial charge on any atom is -0.496 e. The Morgan fingerprint density at radius 2 is 1.57 bits per heavy atom. The lowest BCUT2D eigenvalue weighted by atomic mass is 10.0. The quantitative estimate of drug-likeness (QED) is 0.734. The molecule has 0 aromatic heterocycles. The number of aliphatic carboxylic acids is 2. The Kier molecular flexibility index (Phi) is 8.69. The SMILES string of the molecule is COc1ccccc1CN1CCC(N2CCN(C)CC2)CC1.O=C(O)C(=O)O. The predicted octanol–water partition coefficient (Wildman–Crippen LogP) is 1.06. The molecule has 0 bridgehead atoms. The first-order valence-corrected chi connectivity index (χ1v) is 9.63. The molecule has 28 heavy (non-hydrogen) atoms. The molecule has 2 heterocycles. The van der Waals surface area contributed by atoms with Gasteiger partial charge in [0.2, 0.25) is 0 Å². The summed E-state index contributed by atoms with van der Waals surface area (Å²) < 4.78 is 5.47. The number of benzene rings is 1. The van der Waals surface area contributed by atoms with Crippen molar-refractivity contribution in [1.82, 2.24) is 14.7 Å². The van der Waals surface area contributed by atoms with Crippen LogP contribution in [0, 0.1) is 0 Å². The van der Waals surface area contributed by atoms with E-state index in [1.165, 1.54) is 57.7 Å². The number of likely N-dealkylation sites (tertiary alicyclic amines) is 1. The highest BCUT2D eigenvalue weighted by atomic mass is 16.5. The molecule has 2 N–H and O–H groups in total. The van der Waals surface area contributed by atoms with Gasteiger partial charge in [-0.25, -0.2) is 9.59 Å². The van der Waals surface area contributed by atoms with Crippen LogP contribution in [0.4, 0.5) is 0 Å². The number of hydrogen-bond donors (Lipinski definition) is 2. The molecule has 1 aromatic rings. The van der Waals surface area contributed by atoms with Crippen molar-refractivity contribution < 1.29 is 24.5 Å². The fourth-order valence-corrected chi connectivity index (χ4v) is 3.70. The Balaban J connectivity index is 0.000000409. The summed E-state index contributed by atoms with van der Waals surface area (Å²) in [6.07, 6.45) is 2.61. The van der Waals surface area contributed by atoms with Crippen molar-refractivity contribution in [2.24, 2.45) is 0 Å². The Hall–Kier alpha value is -2.16. The summed E-state index contributed by atoms with van der Waals surface area (Å²) in [7, 11) is 3.99. The van der Waals surface area contributed by atoms with E-state index in [9.17, 15) is 0 Å². The lowest BCUT2D eigenvalue weighted by molar-refractivity contribution is -0.159. The van der Waals surface area contributed by atoms with Crippen molar-refractivity contribution in [2.45, 2.75) is 25.4 Å². The van der Waals surface area contributed by atoms with Gasteiger partial charge in [0.05, 0.1) is 7.11 Å². The number of methoxy groups -OCH3 is 1. The summed E-state index contributed by atoms with van der Waals surface area (Å²) >= 11 is 0. The monoisotopic (exact) mass is 393 g/mol. The van der Waals surface area contributed by atoms with Crippen molar-refractivity contribution in [1.29, 1.82) is 0 Å². The van der Waals surface area contributed by atoms with Gasteiger partial charge in [-0.2, -0.15) is 0 Å². The van der Waals surface area contributed by atoms with Crippen LogP contribution in [0.15, 0.2) is 24.3 Å². The third kappa shape index (κ3) is 6.78. The van der Waals surface area contributed by atoms with E-state index < -0.39 is 11.9 Å². The molecule has 0 unspecified atom stereocenters. The normalized spacial score (nSPS) is 19.5. The van der Waals surface area contributed by atoms with Gasteiger partial charge in [-0.1, -0.05) is 18.2 Å². The van der Waals surface area contributed by atoms with Crippen LogP contribution in [0.3, 0.4) is 0 Å². The van der Waals surface area contributed by atoms with Crippen molar-refractivity contribution in [2.75, 3.05) is 53.4 Å². The van der Waals surface area contributed by atoms with Crippen LogP contribution >= 0.6 is 0 Å². The molecule has 2 saturated heterocycles. The molecular formula is C20H31N3O5. The van der Waals surface area contributed by atoms with Gasteiger partial charge < -0.3 is 19.8 Å². The maximum absolute atomic E-state index is 9.10. The molecule has 0 atom stereocenters. The van der Waals surface area contributed by atoms with Crippen LogP contribution in [0.25, 0.3) is 0 Å². The molecule has 0 saturated carbocycles. The summed E-state index contributed by atoms with van der Waals surface area (Å²) in [5.41, 5.74) is 1.31. The van der Waals surface area contributed by atoms with Crippen LogP contribution in [0.2, 0.25) is 0 Å². The second kappa shape index (κ2) is 11.0. The third-order valence-corrected chi connectivity index (χ3v) is 5.38. The maximum Gasteiger partial charge on any atom is 0.414 e. The van der Waals surface area contributed by atoms with Gasteiger partial charge in [0.25, 0.3) is 0 Å². The Morgan fingerprint density at radius 3 is 2.11 bits per heavy atom. The number of ether oxygens (including phenoxy) is 1. The first-order chi connectivity index (χ1) is 13.4. The number of hydrogen-bond acceptors (Lipinski definition) is 6. The highest BCUT2D eigenvalue weighted by Gasteiger charge is 2.26. The molecule has 156 valence electrons. The predicted molar refractivity (Wildman–Crippen MR) is 106 cm³/mol. The molecule has 2 aliphatic heterocycles. The first-order valence-electron chi connectivity index (χ1n) is 9.63. The number of carbonyl (C=O) groups is 2. The van der Waals surface area contributed by atoms with E-state index in [1.807, 2.05) is 6.07 Å². The number of nitrogens with zero attached hydrogens (tertiary/aromatic N) is 3. The Bertz CT molecular complexity index is 626. The van der Waals surface area contributed by atoms with E-state index >= 15 is 0 Å². The second-order valence-corrected chi connectivity index (χ2v) is 7.27. The van der Waals surface area contributed by atoms with Crippen LogP contribution < -0.4 is 4.74 Å². The van der Waals surface area contributed by atoms with Gasteiger partial charge in [0, 0.05) is 44.3 Å². The lowest BCUT2D eigenvalue weighted by Crippen LogP contribution is -2.52. The number of carboxylic acids is 2. The number of para-hydroxylation sites is 1. The summed E-state index contributed by atoms with van der Waals surface area (Å²) in [4.78, 5) is 25.9. The average Bonchev–Trinajstić information content (AvgIpc) is 2.70. The lowest BCUT2D eigenvalue weighted by Gasteiger charge is -2.42. The van der Waals surface area contributed by atoms with Gasteiger partial charge in [0.15, 0.2) is 0 Å². The van der Waals surface area contributed by atoms with Gasteiger partial charge >= 0.3 is 11.9 Å². The summed E-state index contributed by atoms with van der Waals surface area (Å²) in [6, 6.07) is 9.19. The molecule has 8 heteroatoms. The molecule has 0 amide bonds. The van der Waals surface area contributed by atoms with E-state index in [4.69, 9.17) is 24.5 Å². The Morgan fingerprint density at radius 1 is 1.00 bits per heavy atom. The molecule has 8 nitrogen and oxygen atoms in total. The highest BCUT2D eigenvalue weighted by molar-refractivity contribution is 6.27. The highest BCUT2D eigenvalue weighted by Crippen LogP contribution is 2.23. The molecule has 2 fully saturated rings. The van der Waals surface area contributed by atoms with Crippen LogP contribution in [-0.4, -0.2) is 96.3 Å². The zero-order valence-corrected chi connectivity index (χ0v) is 16.7. The van der Waals surface area contributed by atoms with Gasteiger partial charge in [0.1, 0.15) is 5.75 Å². The fourth-order valence-electron chi connectivity index (χ4n) is 3.70. The van der Waals surface area contributed by atoms with Crippen LogP contribution in [0.5, 0.6) is 5.75 Å². The van der Waals surface area contributed by atoms with E-state index in [0.717, 1.165) is 18.3 Å². The van der Waals surface area contributed by atoms with E-state index in [1.54, 1.807) is 7.11 Å². The molecular weight excluding hydrogens is 362 g/mol. The summed E-state index contributed by atoms with van der Waals surface area (Å²) in [5.74, 6) is -2.63. The van der Waals surface area contributed by atoms with Crippen LogP contribution in [0.1, 0.15) is 18.4 Å². The zero-order valence-electron chi connectivity index (χ0n) is 16.7. The first kappa shape index (κ1) is 22.1. The topological polar surface area (TPSA) is 93.5 Å². The summed E-state index contributed by atoms with van der Waals surface area (Å²) in [6.45, 7) is 8.35. The second-order valence-electron chi connectivity index (χ2n) is 7.27. The minimum absolute atomic E-state index is 0.794. The van der Waals surface area contributed by atoms with E-state index in [0.29, 0.717) is 0 Å². The molecule has 0 spiro atoms. The number of rotatable bonds is 4. The number of piperazine rings is 1. The zero-order chi connectivity index (χ0) is 20.5. The largest absolute Gasteiger partial charge is 0.496 e. The number of carboxylic acid groups (broad SMARTS) is 2. The molecule has 1 aromatic carbocycles. The minimum atomic E-state index is -1.82. The van der Waals surface area contributed by atoms with E-state index in [2.05, 4.69) is 39.9 Å². The maximum atomic E-state index is 9.10. The summed E-state index contributed by atoms with van der Waals surface area (Å²) in [5, 5.41) is 14.8. The van der Waals surface area contributed by atoms with Crippen molar-refractivity contribution in [3.63, 3.8) is 0 Å². The van der Waals surface area contributed by atoms with Gasteiger partial charge in [-0.3, -0.25) is 9.80 Å². The molecule has 0 aliphatic carbocycles. The number of piperidine rings is 1. The Labute approximate surface area is 166 Å². The molecule has 0 radical (unpaired) electrons. The van der Waals surface area contributed by atoms with Crippen molar-refractivity contribution in [3.8, 4) is 5.75 Å². The number of likely N-dealkylation sites (N-methyl/N-ethyl adjacent to an activating group) is 1. The molecule has 3 rings (SSSR count). The van der Waals surface area contributed by atoms with Crippen molar-refractivity contribution >= 4 is 11.9 Å².